The SMILES string of the molecule is Cc1cccnc1C(=O)Nc1ccc(F)c([C@]2(CF)COCC(N)=N2)c1. The minimum atomic E-state index is -1.56. The first kappa shape index (κ1) is 17.9. The summed E-state index contributed by atoms with van der Waals surface area (Å²) in [7, 11) is 0. The number of hydrogen-bond donors (Lipinski definition) is 2. The zero-order chi connectivity index (χ0) is 18.7. The standard InChI is InChI=1S/C18H18F2N4O2/c1-11-3-2-6-22-16(11)17(25)23-12-4-5-14(20)13(7-12)18(9-19)10-26-8-15(21)24-18/h2-7H,8-10H2,1H3,(H2,21,24)(H,23,25)/t18-/m0/s1. The third kappa shape index (κ3) is 3.41. The van der Waals surface area contributed by atoms with E-state index in [0.717, 1.165) is 6.07 Å². The van der Waals surface area contributed by atoms with Gasteiger partial charge in [-0.1, -0.05) is 6.07 Å². The van der Waals surface area contributed by atoms with E-state index in [1.54, 1.807) is 19.1 Å². The van der Waals surface area contributed by atoms with Crippen molar-refractivity contribution in [3.8, 4) is 0 Å². The van der Waals surface area contributed by atoms with Crippen molar-refractivity contribution < 1.29 is 18.3 Å². The first-order chi connectivity index (χ1) is 12.4. The highest BCUT2D eigenvalue weighted by Crippen LogP contribution is 2.33. The molecule has 0 aliphatic carbocycles. The van der Waals surface area contributed by atoms with Crippen LogP contribution in [-0.2, 0) is 10.3 Å². The number of nitrogens with zero attached hydrogens (tertiary/aromatic N) is 2. The smallest absolute Gasteiger partial charge is 0.274 e. The van der Waals surface area contributed by atoms with Gasteiger partial charge in [0.05, 0.1) is 6.61 Å². The molecule has 0 bridgehead atoms. The van der Waals surface area contributed by atoms with Crippen LogP contribution in [0.4, 0.5) is 14.5 Å². The predicted octanol–water partition coefficient (Wildman–Crippen LogP) is 2.33. The zero-order valence-corrected chi connectivity index (χ0v) is 14.1. The minimum absolute atomic E-state index is 0.0295. The molecule has 0 spiro atoms. The molecule has 1 atom stereocenters. The van der Waals surface area contributed by atoms with Crippen LogP contribution in [0, 0.1) is 12.7 Å². The average Bonchev–Trinajstić information content (AvgIpc) is 2.63. The number of alkyl halides is 1. The lowest BCUT2D eigenvalue weighted by molar-refractivity contribution is 0.0809. The summed E-state index contributed by atoms with van der Waals surface area (Å²) in [5, 5.41) is 2.65. The van der Waals surface area contributed by atoms with Gasteiger partial charge in [0.25, 0.3) is 5.91 Å². The third-order valence-corrected chi connectivity index (χ3v) is 4.12. The Morgan fingerprint density at radius 3 is 2.92 bits per heavy atom. The van der Waals surface area contributed by atoms with Gasteiger partial charge in [-0.05, 0) is 36.8 Å². The number of hydrogen-bond acceptors (Lipinski definition) is 5. The highest BCUT2D eigenvalue weighted by atomic mass is 19.1. The first-order valence-corrected chi connectivity index (χ1v) is 7.96. The van der Waals surface area contributed by atoms with Crippen LogP contribution in [0.5, 0.6) is 0 Å². The number of nitrogens with one attached hydrogen (secondary N) is 1. The summed E-state index contributed by atoms with van der Waals surface area (Å²) in [5.41, 5.74) is 5.30. The second kappa shape index (κ2) is 7.17. The largest absolute Gasteiger partial charge is 0.385 e. The summed E-state index contributed by atoms with van der Waals surface area (Å²) in [5.74, 6) is -1.01. The van der Waals surface area contributed by atoms with Gasteiger partial charge < -0.3 is 15.8 Å². The Hall–Kier alpha value is -2.87. The van der Waals surface area contributed by atoms with Crippen molar-refractivity contribution in [1.82, 2.24) is 4.98 Å². The maximum atomic E-state index is 14.4. The fourth-order valence-corrected chi connectivity index (χ4v) is 2.82. The molecule has 3 N–H and O–H groups in total. The van der Waals surface area contributed by atoms with Gasteiger partial charge in [-0.25, -0.2) is 8.78 Å². The van der Waals surface area contributed by atoms with Gasteiger partial charge in [0.15, 0.2) is 0 Å². The fourth-order valence-electron chi connectivity index (χ4n) is 2.82. The minimum Gasteiger partial charge on any atom is -0.385 e. The molecule has 3 rings (SSSR count). The number of aryl methyl sites for hydroxylation is 1. The number of anilines is 1. The van der Waals surface area contributed by atoms with E-state index in [1.165, 1.54) is 18.3 Å². The van der Waals surface area contributed by atoms with Crippen LogP contribution in [0.15, 0.2) is 41.5 Å². The molecule has 0 saturated carbocycles. The molecule has 2 aromatic rings. The van der Waals surface area contributed by atoms with Crippen LogP contribution in [0.2, 0.25) is 0 Å². The number of ether oxygens (including phenoxy) is 1. The van der Waals surface area contributed by atoms with E-state index in [1.807, 2.05) is 0 Å². The topological polar surface area (TPSA) is 89.6 Å². The van der Waals surface area contributed by atoms with E-state index in [2.05, 4.69) is 15.3 Å². The predicted molar refractivity (Wildman–Crippen MR) is 93.4 cm³/mol. The van der Waals surface area contributed by atoms with Gasteiger partial charge in [-0.2, -0.15) is 0 Å². The number of amides is 1. The van der Waals surface area contributed by atoms with E-state index in [9.17, 15) is 13.6 Å². The number of amidine groups is 1. The molecule has 136 valence electrons. The maximum absolute atomic E-state index is 14.4. The Morgan fingerprint density at radius 1 is 1.42 bits per heavy atom. The molecular formula is C18H18F2N4O2. The van der Waals surface area contributed by atoms with Crippen LogP contribution in [-0.4, -0.2) is 36.6 Å². The molecule has 0 radical (unpaired) electrons. The number of carbonyl (C=O) groups is 1. The molecule has 6 nitrogen and oxygen atoms in total. The summed E-state index contributed by atoms with van der Waals surface area (Å²) in [6.45, 7) is 0.699. The Labute approximate surface area is 149 Å². The number of aromatic nitrogens is 1. The molecule has 8 heteroatoms. The van der Waals surface area contributed by atoms with Crippen molar-refractivity contribution in [2.24, 2.45) is 10.7 Å². The molecule has 2 heterocycles. The highest BCUT2D eigenvalue weighted by Gasteiger charge is 2.38. The van der Waals surface area contributed by atoms with Gasteiger partial charge in [0.2, 0.25) is 0 Å². The van der Waals surface area contributed by atoms with Crippen LogP contribution < -0.4 is 11.1 Å². The van der Waals surface area contributed by atoms with Crippen molar-refractivity contribution in [1.29, 1.82) is 0 Å². The van der Waals surface area contributed by atoms with E-state index in [0.29, 0.717) is 11.3 Å². The molecule has 0 fully saturated rings. The molecule has 1 aromatic heterocycles. The van der Waals surface area contributed by atoms with Gasteiger partial charge in [0.1, 0.15) is 36.2 Å². The Balaban J connectivity index is 1.94. The van der Waals surface area contributed by atoms with E-state index < -0.39 is 23.9 Å². The molecular weight excluding hydrogens is 342 g/mol. The van der Waals surface area contributed by atoms with Crippen LogP contribution in [0.3, 0.4) is 0 Å². The number of aliphatic imine (C=N–C) groups is 1. The Kier molecular flexibility index (Phi) is 4.94. The highest BCUT2D eigenvalue weighted by molar-refractivity contribution is 6.03. The zero-order valence-electron chi connectivity index (χ0n) is 14.1. The second-order valence-corrected chi connectivity index (χ2v) is 6.08. The van der Waals surface area contributed by atoms with E-state index in [4.69, 9.17) is 10.5 Å². The van der Waals surface area contributed by atoms with Gasteiger partial charge in [-0.3, -0.25) is 14.8 Å². The van der Waals surface area contributed by atoms with Gasteiger partial charge >= 0.3 is 0 Å². The molecule has 1 aromatic carbocycles. The monoisotopic (exact) mass is 360 g/mol. The lowest BCUT2D eigenvalue weighted by Gasteiger charge is -2.31. The van der Waals surface area contributed by atoms with E-state index >= 15 is 0 Å². The number of rotatable bonds is 4. The number of benzene rings is 1. The number of carbonyl (C=O) groups excluding carboxylic acids is 1. The number of halogens is 2. The van der Waals surface area contributed by atoms with E-state index in [-0.39, 0.29) is 30.3 Å². The Morgan fingerprint density at radius 2 is 2.23 bits per heavy atom. The average molecular weight is 360 g/mol. The number of nitrogens with two attached hydrogens (primary N) is 1. The van der Waals surface area contributed by atoms with Crippen molar-refractivity contribution in [3.63, 3.8) is 0 Å². The van der Waals surface area contributed by atoms with Crippen molar-refractivity contribution in [2.75, 3.05) is 25.2 Å². The van der Waals surface area contributed by atoms with Crippen molar-refractivity contribution >= 4 is 17.4 Å². The second-order valence-electron chi connectivity index (χ2n) is 6.08. The van der Waals surface area contributed by atoms with Crippen LogP contribution in [0.25, 0.3) is 0 Å². The lowest BCUT2D eigenvalue weighted by atomic mass is 9.91. The quantitative estimate of drug-likeness (QED) is 0.876. The maximum Gasteiger partial charge on any atom is 0.274 e. The summed E-state index contributed by atoms with van der Waals surface area (Å²) in [4.78, 5) is 20.5. The normalized spacial score (nSPS) is 19.7. The summed E-state index contributed by atoms with van der Waals surface area (Å²) in [6, 6.07) is 7.35. The van der Waals surface area contributed by atoms with Crippen molar-refractivity contribution in [2.45, 2.75) is 12.5 Å². The summed E-state index contributed by atoms with van der Waals surface area (Å²) >= 11 is 0. The molecule has 0 saturated heterocycles. The van der Waals surface area contributed by atoms with Crippen molar-refractivity contribution in [3.05, 3.63) is 59.2 Å². The van der Waals surface area contributed by atoms with Gasteiger partial charge in [0, 0.05) is 17.4 Å². The Bertz CT molecular complexity index is 872. The fraction of sp³-hybridized carbons (Fsp3) is 0.278. The molecule has 1 amide bonds. The molecule has 1 aliphatic rings. The molecule has 0 unspecified atom stereocenters. The summed E-state index contributed by atoms with van der Waals surface area (Å²) in [6.07, 6.45) is 1.51. The first-order valence-electron chi connectivity index (χ1n) is 7.96. The summed E-state index contributed by atoms with van der Waals surface area (Å²) < 4.78 is 33.4. The molecule has 1 aliphatic heterocycles. The van der Waals surface area contributed by atoms with Gasteiger partial charge in [-0.15, -0.1) is 0 Å². The lowest BCUT2D eigenvalue weighted by Crippen LogP contribution is -2.42. The van der Waals surface area contributed by atoms with Crippen LogP contribution >= 0.6 is 0 Å². The third-order valence-electron chi connectivity index (χ3n) is 4.12. The van der Waals surface area contributed by atoms with Crippen LogP contribution in [0.1, 0.15) is 21.6 Å². The number of pyridine rings is 1. The molecule has 26 heavy (non-hydrogen) atoms.